The molecule has 4 rings (SSSR count). The van der Waals surface area contributed by atoms with Crippen LogP contribution in [0.2, 0.25) is 0 Å². The van der Waals surface area contributed by atoms with E-state index in [2.05, 4.69) is 15.3 Å². The van der Waals surface area contributed by atoms with Gasteiger partial charge in [0, 0.05) is 39.6 Å². The van der Waals surface area contributed by atoms with Gasteiger partial charge in [0.05, 0.1) is 11.7 Å². The summed E-state index contributed by atoms with van der Waals surface area (Å²) in [5.74, 6) is -0.382. The second-order valence-electron chi connectivity index (χ2n) is 7.01. The first kappa shape index (κ1) is 19.3. The highest BCUT2D eigenvalue weighted by Gasteiger charge is 2.13. The van der Waals surface area contributed by atoms with E-state index in [9.17, 15) is 14.4 Å². The van der Waals surface area contributed by atoms with E-state index in [1.165, 1.54) is 30.8 Å². The molecule has 0 fully saturated rings. The van der Waals surface area contributed by atoms with Gasteiger partial charge in [-0.3, -0.25) is 18.7 Å². The van der Waals surface area contributed by atoms with Crippen molar-refractivity contribution in [1.82, 2.24) is 29.0 Å². The van der Waals surface area contributed by atoms with E-state index in [1.54, 1.807) is 12.5 Å². The van der Waals surface area contributed by atoms with E-state index in [4.69, 9.17) is 0 Å². The molecule has 0 aliphatic rings. The second-order valence-corrected chi connectivity index (χ2v) is 7.01. The van der Waals surface area contributed by atoms with Crippen LogP contribution in [0.3, 0.4) is 0 Å². The van der Waals surface area contributed by atoms with Crippen molar-refractivity contribution in [1.29, 1.82) is 0 Å². The third-order valence-electron chi connectivity index (χ3n) is 4.93. The van der Waals surface area contributed by atoms with Crippen LogP contribution in [-0.2, 0) is 27.2 Å². The number of hydrogen-bond acceptors (Lipinski definition) is 5. The van der Waals surface area contributed by atoms with Gasteiger partial charge in [0.1, 0.15) is 11.3 Å². The molecule has 0 saturated heterocycles. The Morgan fingerprint density at radius 3 is 2.43 bits per heavy atom. The summed E-state index contributed by atoms with van der Waals surface area (Å²) >= 11 is 0. The van der Waals surface area contributed by atoms with Gasteiger partial charge in [0.15, 0.2) is 0 Å². The van der Waals surface area contributed by atoms with Crippen molar-refractivity contribution in [2.24, 2.45) is 14.1 Å². The minimum atomic E-state index is -0.492. The molecule has 0 aliphatic carbocycles. The molecule has 9 heteroatoms. The van der Waals surface area contributed by atoms with Gasteiger partial charge in [-0.15, -0.1) is 0 Å². The lowest BCUT2D eigenvalue weighted by molar-refractivity contribution is 0.0946. The maximum Gasteiger partial charge on any atom is 0.332 e. The Morgan fingerprint density at radius 1 is 1.00 bits per heavy atom. The Labute approximate surface area is 171 Å². The summed E-state index contributed by atoms with van der Waals surface area (Å²) in [6.45, 7) is 1.06. The van der Waals surface area contributed by atoms with Crippen LogP contribution in [0.1, 0.15) is 21.6 Å². The highest BCUT2D eigenvalue weighted by atomic mass is 16.2. The summed E-state index contributed by atoms with van der Waals surface area (Å²) in [5.41, 5.74) is 1.46. The third kappa shape index (κ3) is 3.64. The van der Waals surface area contributed by atoms with Crippen LogP contribution in [-0.4, -0.2) is 29.6 Å². The van der Waals surface area contributed by atoms with Gasteiger partial charge in [0.25, 0.3) is 11.5 Å². The van der Waals surface area contributed by atoms with E-state index in [0.29, 0.717) is 6.54 Å². The minimum absolute atomic E-state index is 0.141. The summed E-state index contributed by atoms with van der Waals surface area (Å²) < 4.78 is 4.25. The summed E-state index contributed by atoms with van der Waals surface area (Å²) in [5, 5.41) is 3.10. The number of benzene rings is 1. The molecule has 3 heterocycles. The molecule has 152 valence electrons. The Kier molecular flexibility index (Phi) is 5.01. The predicted molar refractivity (Wildman–Crippen MR) is 111 cm³/mol. The number of pyridine rings is 1. The lowest BCUT2D eigenvalue weighted by Crippen LogP contribution is -2.37. The number of aryl methyl sites for hydroxylation is 1. The van der Waals surface area contributed by atoms with Gasteiger partial charge in [-0.2, -0.15) is 0 Å². The second kappa shape index (κ2) is 7.78. The number of carbonyl (C=O) groups is 1. The van der Waals surface area contributed by atoms with Crippen LogP contribution in [0.4, 0.5) is 0 Å². The molecule has 0 radical (unpaired) electrons. The molecule has 0 aliphatic heterocycles. The quantitative estimate of drug-likeness (QED) is 0.530. The Bertz CT molecular complexity index is 1330. The maximum atomic E-state index is 12.5. The van der Waals surface area contributed by atoms with Crippen molar-refractivity contribution in [3.63, 3.8) is 0 Å². The van der Waals surface area contributed by atoms with Gasteiger partial charge in [-0.05, 0) is 23.3 Å². The molecule has 0 bridgehead atoms. The zero-order valence-corrected chi connectivity index (χ0v) is 16.6. The Morgan fingerprint density at radius 2 is 1.73 bits per heavy atom. The number of fused-ring (bicyclic) bond motifs is 1. The number of nitrogens with one attached hydrogen (secondary N) is 1. The van der Waals surface area contributed by atoms with Crippen LogP contribution in [0.15, 0.2) is 64.7 Å². The molecule has 3 aromatic heterocycles. The molecule has 0 spiro atoms. The molecule has 30 heavy (non-hydrogen) atoms. The number of carbonyl (C=O) groups excluding carboxylic acids is 1. The normalized spacial score (nSPS) is 11.0. The van der Waals surface area contributed by atoms with Crippen molar-refractivity contribution in [2.45, 2.75) is 13.1 Å². The molecule has 1 amide bonds. The van der Waals surface area contributed by atoms with Gasteiger partial charge in [-0.25, -0.2) is 14.8 Å². The molecule has 1 aromatic carbocycles. The van der Waals surface area contributed by atoms with Crippen molar-refractivity contribution in [3.05, 3.63) is 92.8 Å². The summed E-state index contributed by atoms with van der Waals surface area (Å²) in [6.07, 6.45) is 5.40. The number of aromatic nitrogens is 5. The smallest absolute Gasteiger partial charge is 0.332 e. The van der Waals surface area contributed by atoms with E-state index in [1.807, 2.05) is 35.0 Å². The first-order chi connectivity index (χ1) is 14.4. The summed E-state index contributed by atoms with van der Waals surface area (Å²) in [7, 11) is 2.93. The SMILES string of the molecule is Cn1c(=O)c2ccc(C(=O)NCc3ccc(Cn4ccnc4)cc3)nc2n(C)c1=O. The highest BCUT2D eigenvalue weighted by molar-refractivity contribution is 5.94. The molecular formula is C21H20N6O3. The van der Waals surface area contributed by atoms with Gasteiger partial charge in [0.2, 0.25) is 0 Å². The van der Waals surface area contributed by atoms with Crippen LogP contribution in [0.25, 0.3) is 11.0 Å². The van der Waals surface area contributed by atoms with Gasteiger partial charge < -0.3 is 9.88 Å². The molecule has 0 unspecified atom stereocenters. The summed E-state index contributed by atoms with van der Waals surface area (Å²) in [6, 6.07) is 10.9. The van der Waals surface area contributed by atoms with Gasteiger partial charge >= 0.3 is 5.69 Å². The number of imidazole rings is 1. The standard InChI is InChI=1S/C21H20N6O3/c1-25-18-16(20(29)26(2)21(25)30)7-8-17(24-18)19(28)23-11-14-3-5-15(6-4-14)12-27-10-9-22-13-27/h3-10,13H,11-12H2,1-2H3,(H,23,28). The van der Waals surface area contributed by atoms with Crippen LogP contribution in [0.5, 0.6) is 0 Å². The number of hydrogen-bond donors (Lipinski definition) is 1. The average molecular weight is 404 g/mol. The Hall–Kier alpha value is -4.01. The van der Waals surface area contributed by atoms with Crippen LogP contribution >= 0.6 is 0 Å². The highest BCUT2D eigenvalue weighted by Crippen LogP contribution is 2.09. The molecule has 4 aromatic rings. The zero-order chi connectivity index (χ0) is 21.3. The maximum absolute atomic E-state index is 12.5. The number of rotatable bonds is 5. The lowest BCUT2D eigenvalue weighted by atomic mass is 10.1. The third-order valence-corrected chi connectivity index (χ3v) is 4.93. The minimum Gasteiger partial charge on any atom is -0.347 e. The fraction of sp³-hybridized carbons (Fsp3) is 0.190. The molecule has 0 saturated carbocycles. The fourth-order valence-electron chi connectivity index (χ4n) is 3.21. The van der Waals surface area contributed by atoms with Crippen LogP contribution in [0, 0.1) is 0 Å². The average Bonchev–Trinajstić information content (AvgIpc) is 3.28. The molecule has 1 N–H and O–H groups in total. The largest absolute Gasteiger partial charge is 0.347 e. The van der Waals surface area contributed by atoms with Crippen molar-refractivity contribution >= 4 is 16.9 Å². The van der Waals surface area contributed by atoms with E-state index < -0.39 is 11.2 Å². The topological polar surface area (TPSA) is 104 Å². The predicted octanol–water partition coefficient (Wildman–Crippen LogP) is 0.807. The first-order valence-corrected chi connectivity index (χ1v) is 9.32. The fourth-order valence-corrected chi connectivity index (χ4v) is 3.21. The number of amides is 1. The number of nitrogens with zero attached hydrogens (tertiary/aromatic N) is 5. The Balaban J connectivity index is 1.48. The molecular weight excluding hydrogens is 384 g/mol. The van der Waals surface area contributed by atoms with Crippen molar-refractivity contribution < 1.29 is 4.79 Å². The lowest BCUT2D eigenvalue weighted by Gasteiger charge is -2.09. The molecule has 0 atom stereocenters. The van der Waals surface area contributed by atoms with Crippen LogP contribution < -0.4 is 16.6 Å². The van der Waals surface area contributed by atoms with Crippen molar-refractivity contribution in [2.75, 3.05) is 0 Å². The first-order valence-electron chi connectivity index (χ1n) is 9.32. The van der Waals surface area contributed by atoms with Crippen molar-refractivity contribution in [3.8, 4) is 0 Å². The summed E-state index contributed by atoms with van der Waals surface area (Å²) in [4.78, 5) is 45.1. The van der Waals surface area contributed by atoms with E-state index in [0.717, 1.165) is 22.2 Å². The molecule has 9 nitrogen and oxygen atoms in total. The zero-order valence-electron chi connectivity index (χ0n) is 16.6. The van der Waals surface area contributed by atoms with E-state index >= 15 is 0 Å². The van der Waals surface area contributed by atoms with Gasteiger partial charge in [-0.1, -0.05) is 24.3 Å². The monoisotopic (exact) mass is 404 g/mol. The van der Waals surface area contributed by atoms with E-state index in [-0.39, 0.29) is 22.6 Å².